The number of nitrogens with two attached hydrogens (primary N) is 1. The second-order valence-electron chi connectivity index (χ2n) is 7.87. The van der Waals surface area contributed by atoms with Crippen molar-refractivity contribution in [2.45, 2.75) is 84.7 Å². The summed E-state index contributed by atoms with van der Waals surface area (Å²) in [6, 6.07) is 0.366. The molecular formula is C16H35N3. The van der Waals surface area contributed by atoms with Crippen molar-refractivity contribution >= 4 is 0 Å². The monoisotopic (exact) mass is 269 g/mol. The first-order chi connectivity index (χ1) is 8.77. The fourth-order valence-electron chi connectivity index (χ4n) is 3.09. The first-order valence-corrected chi connectivity index (χ1v) is 7.98. The molecule has 1 aliphatic rings. The minimum absolute atomic E-state index is 0.143. The van der Waals surface area contributed by atoms with Crippen LogP contribution in [0, 0.1) is 5.41 Å². The van der Waals surface area contributed by atoms with Gasteiger partial charge in [-0.3, -0.25) is 16.2 Å². The van der Waals surface area contributed by atoms with Crippen molar-refractivity contribution in [3.05, 3.63) is 0 Å². The van der Waals surface area contributed by atoms with Crippen molar-refractivity contribution in [2.75, 3.05) is 13.1 Å². The van der Waals surface area contributed by atoms with Gasteiger partial charge in [0.2, 0.25) is 0 Å². The molecule has 0 spiro atoms. The number of likely N-dealkylation sites (tertiary alicyclic amines) is 1. The summed E-state index contributed by atoms with van der Waals surface area (Å²) in [5, 5.41) is 0. The van der Waals surface area contributed by atoms with Crippen molar-refractivity contribution in [1.82, 2.24) is 10.3 Å². The molecule has 0 aromatic rings. The van der Waals surface area contributed by atoms with Crippen LogP contribution in [0.5, 0.6) is 0 Å². The predicted octanol–water partition coefficient (Wildman–Crippen LogP) is 3.30. The third-order valence-corrected chi connectivity index (χ3v) is 4.66. The molecule has 0 aliphatic carbocycles. The Bertz CT molecular complexity index is 247. The van der Waals surface area contributed by atoms with E-state index in [-0.39, 0.29) is 5.54 Å². The molecule has 1 saturated heterocycles. The van der Waals surface area contributed by atoms with E-state index in [4.69, 9.17) is 5.84 Å². The van der Waals surface area contributed by atoms with Crippen LogP contribution in [0.2, 0.25) is 0 Å². The molecule has 114 valence electrons. The Hall–Kier alpha value is -0.120. The highest BCUT2D eigenvalue weighted by atomic mass is 15.3. The highest BCUT2D eigenvalue weighted by molar-refractivity contribution is 4.93. The van der Waals surface area contributed by atoms with E-state index in [0.29, 0.717) is 11.5 Å². The normalized spacial score (nSPS) is 21.2. The van der Waals surface area contributed by atoms with Gasteiger partial charge in [0.25, 0.3) is 0 Å². The average Bonchev–Trinajstić information content (AvgIpc) is 2.56. The quantitative estimate of drug-likeness (QED) is 0.594. The molecule has 3 heteroatoms. The second kappa shape index (κ2) is 7.05. The van der Waals surface area contributed by atoms with Gasteiger partial charge in [-0.2, -0.15) is 0 Å². The summed E-state index contributed by atoms with van der Waals surface area (Å²) in [6.45, 7) is 14.1. The van der Waals surface area contributed by atoms with Crippen LogP contribution in [0.25, 0.3) is 0 Å². The van der Waals surface area contributed by atoms with Gasteiger partial charge in [-0.25, -0.2) is 0 Å². The Labute approximate surface area is 120 Å². The Morgan fingerprint density at radius 2 is 1.53 bits per heavy atom. The molecule has 0 aromatic carbocycles. The van der Waals surface area contributed by atoms with E-state index in [2.05, 4.69) is 44.9 Å². The van der Waals surface area contributed by atoms with Crippen molar-refractivity contribution in [3.63, 3.8) is 0 Å². The number of hydrogen-bond donors (Lipinski definition) is 2. The summed E-state index contributed by atoms with van der Waals surface area (Å²) in [5.41, 5.74) is 3.61. The molecule has 0 saturated carbocycles. The number of nitrogens with one attached hydrogen (secondary N) is 1. The maximum atomic E-state index is 5.86. The van der Waals surface area contributed by atoms with Crippen molar-refractivity contribution < 1.29 is 0 Å². The number of rotatable bonds is 5. The van der Waals surface area contributed by atoms with E-state index in [9.17, 15) is 0 Å². The molecule has 0 bridgehead atoms. The van der Waals surface area contributed by atoms with Gasteiger partial charge >= 0.3 is 0 Å². The number of nitrogens with zero attached hydrogens (tertiary/aromatic N) is 1. The second-order valence-corrected chi connectivity index (χ2v) is 7.87. The third kappa shape index (κ3) is 5.41. The highest BCUT2D eigenvalue weighted by Crippen LogP contribution is 2.29. The Morgan fingerprint density at radius 3 is 1.95 bits per heavy atom. The number of hydrazine groups is 1. The van der Waals surface area contributed by atoms with Crippen LogP contribution >= 0.6 is 0 Å². The van der Waals surface area contributed by atoms with Crippen LogP contribution in [-0.2, 0) is 0 Å². The smallest absolute Gasteiger partial charge is 0.0389 e. The fourth-order valence-corrected chi connectivity index (χ4v) is 3.09. The molecule has 1 unspecified atom stereocenters. The lowest BCUT2D eigenvalue weighted by Gasteiger charge is -2.44. The highest BCUT2D eigenvalue weighted by Gasteiger charge is 2.35. The van der Waals surface area contributed by atoms with Gasteiger partial charge in [-0.15, -0.1) is 0 Å². The molecule has 1 heterocycles. The maximum absolute atomic E-state index is 5.86. The van der Waals surface area contributed by atoms with E-state index in [0.717, 1.165) is 6.42 Å². The summed E-state index contributed by atoms with van der Waals surface area (Å²) in [6.07, 6.45) is 7.78. The zero-order valence-corrected chi connectivity index (χ0v) is 13.8. The fraction of sp³-hybridized carbons (Fsp3) is 1.00. The topological polar surface area (TPSA) is 41.3 Å². The first kappa shape index (κ1) is 16.9. The third-order valence-electron chi connectivity index (χ3n) is 4.66. The average molecular weight is 269 g/mol. The van der Waals surface area contributed by atoms with E-state index in [1.165, 1.54) is 45.2 Å². The lowest BCUT2D eigenvalue weighted by atomic mass is 9.82. The van der Waals surface area contributed by atoms with Crippen LogP contribution in [0.15, 0.2) is 0 Å². The molecular weight excluding hydrogens is 234 g/mol. The van der Waals surface area contributed by atoms with Gasteiger partial charge < -0.3 is 0 Å². The maximum Gasteiger partial charge on any atom is 0.0389 e. The van der Waals surface area contributed by atoms with Gasteiger partial charge in [-0.1, -0.05) is 33.6 Å². The SMILES string of the molecule is CC(C)(C)CCC(NN)C(C)(C)N1CCCCCC1. The minimum atomic E-state index is 0.143. The lowest BCUT2D eigenvalue weighted by molar-refractivity contribution is 0.0751. The summed E-state index contributed by atoms with van der Waals surface area (Å²) < 4.78 is 0. The van der Waals surface area contributed by atoms with E-state index >= 15 is 0 Å². The van der Waals surface area contributed by atoms with E-state index in [1.807, 2.05) is 0 Å². The largest absolute Gasteiger partial charge is 0.297 e. The van der Waals surface area contributed by atoms with Gasteiger partial charge in [0.15, 0.2) is 0 Å². The first-order valence-electron chi connectivity index (χ1n) is 7.98. The Balaban J connectivity index is 2.64. The summed E-state index contributed by atoms with van der Waals surface area (Å²) in [4.78, 5) is 2.65. The van der Waals surface area contributed by atoms with Crippen molar-refractivity contribution in [1.29, 1.82) is 0 Å². The molecule has 3 N–H and O–H groups in total. The zero-order chi connectivity index (χ0) is 14.5. The van der Waals surface area contributed by atoms with Crippen LogP contribution < -0.4 is 11.3 Å². The van der Waals surface area contributed by atoms with Crippen LogP contribution in [-0.4, -0.2) is 29.6 Å². The molecule has 19 heavy (non-hydrogen) atoms. The molecule has 1 fully saturated rings. The molecule has 0 amide bonds. The molecule has 0 radical (unpaired) electrons. The van der Waals surface area contributed by atoms with Crippen molar-refractivity contribution in [2.24, 2.45) is 11.3 Å². The van der Waals surface area contributed by atoms with Gasteiger partial charge in [0.05, 0.1) is 0 Å². The Morgan fingerprint density at radius 1 is 1.00 bits per heavy atom. The zero-order valence-electron chi connectivity index (χ0n) is 13.8. The molecule has 1 rings (SSSR count). The van der Waals surface area contributed by atoms with Gasteiger partial charge in [0, 0.05) is 11.6 Å². The van der Waals surface area contributed by atoms with E-state index < -0.39 is 0 Å². The summed E-state index contributed by atoms with van der Waals surface area (Å²) >= 11 is 0. The lowest BCUT2D eigenvalue weighted by Crippen LogP contribution is -2.59. The van der Waals surface area contributed by atoms with E-state index in [1.54, 1.807) is 0 Å². The molecule has 3 nitrogen and oxygen atoms in total. The van der Waals surface area contributed by atoms with Crippen molar-refractivity contribution in [3.8, 4) is 0 Å². The number of hydrogen-bond acceptors (Lipinski definition) is 3. The minimum Gasteiger partial charge on any atom is -0.297 e. The molecule has 1 atom stereocenters. The van der Waals surface area contributed by atoms with Gasteiger partial charge in [-0.05, 0) is 58.0 Å². The molecule has 1 aliphatic heterocycles. The van der Waals surface area contributed by atoms with Crippen LogP contribution in [0.1, 0.15) is 73.1 Å². The van der Waals surface area contributed by atoms with Gasteiger partial charge in [0.1, 0.15) is 0 Å². The summed E-state index contributed by atoms with van der Waals surface area (Å²) in [7, 11) is 0. The molecule has 0 aromatic heterocycles. The standard InChI is InChI=1S/C16H35N3/c1-15(2,3)11-10-14(18-17)16(4,5)19-12-8-6-7-9-13-19/h14,18H,6-13,17H2,1-5H3. The van der Waals surface area contributed by atoms with Crippen LogP contribution in [0.3, 0.4) is 0 Å². The Kier molecular flexibility index (Phi) is 6.28. The van der Waals surface area contributed by atoms with Crippen LogP contribution in [0.4, 0.5) is 0 Å². The summed E-state index contributed by atoms with van der Waals surface area (Å²) in [5.74, 6) is 5.86. The predicted molar refractivity (Wildman–Crippen MR) is 83.9 cm³/mol.